The molecule has 2 aliphatic rings. The topological polar surface area (TPSA) is 83.9 Å². The fourth-order valence-corrected chi connectivity index (χ4v) is 5.19. The summed E-state index contributed by atoms with van der Waals surface area (Å²) >= 11 is 12.3. The van der Waals surface area contributed by atoms with Crippen LogP contribution < -0.4 is 0 Å². The highest BCUT2D eigenvalue weighted by Gasteiger charge is 2.46. The number of carbonyl (C=O) groups excluding carboxylic acids is 1. The molecule has 0 spiro atoms. The van der Waals surface area contributed by atoms with Crippen molar-refractivity contribution in [2.45, 2.75) is 37.5 Å². The van der Waals surface area contributed by atoms with Crippen molar-refractivity contribution in [3.05, 3.63) is 69.7 Å². The number of carbonyl (C=O) groups is 1. The lowest BCUT2D eigenvalue weighted by atomic mass is 9.90. The normalized spacial score (nSPS) is 23.1. The molecule has 2 fully saturated rings. The Labute approximate surface area is 191 Å². The average Bonchev–Trinajstić information content (AvgIpc) is 3.54. The van der Waals surface area contributed by atoms with Gasteiger partial charge in [0.1, 0.15) is 12.7 Å². The van der Waals surface area contributed by atoms with Crippen LogP contribution in [0.4, 0.5) is 0 Å². The lowest BCUT2D eigenvalue weighted by molar-refractivity contribution is -0.164. The molecule has 2 aromatic carbocycles. The minimum absolute atomic E-state index is 0.115. The fraction of sp³-hybridized carbons (Fsp3) is 0.409. The van der Waals surface area contributed by atoms with E-state index >= 15 is 0 Å². The molecule has 1 N–H and O–H groups in total. The van der Waals surface area contributed by atoms with Gasteiger partial charge >= 0.3 is 0 Å². The summed E-state index contributed by atoms with van der Waals surface area (Å²) in [6, 6.07) is 13.7. The van der Waals surface area contributed by atoms with Gasteiger partial charge in [-0.1, -0.05) is 47.5 Å². The maximum absolute atomic E-state index is 13.1. The van der Waals surface area contributed by atoms with Crippen LogP contribution in [0.5, 0.6) is 0 Å². The van der Waals surface area contributed by atoms with Gasteiger partial charge in [-0.2, -0.15) is 8.42 Å². The molecule has 166 valence electrons. The molecular formula is C22H23Cl2NO5S. The second kappa shape index (κ2) is 9.08. The summed E-state index contributed by atoms with van der Waals surface area (Å²) in [4.78, 5) is 14.9. The molecule has 0 bridgehead atoms. The molecule has 0 radical (unpaired) electrons. The van der Waals surface area contributed by atoms with Gasteiger partial charge in [0.2, 0.25) is 5.91 Å². The maximum atomic E-state index is 13.1. The van der Waals surface area contributed by atoms with Crippen molar-refractivity contribution in [3.63, 3.8) is 0 Å². The van der Waals surface area contributed by atoms with Crippen molar-refractivity contribution < 1.29 is 22.5 Å². The third-order valence-electron chi connectivity index (χ3n) is 5.84. The van der Waals surface area contributed by atoms with Crippen molar-refractivity contribution >= 4 is 39.2 Å². The Balaban J connectivity index is 1.77. The lowest BCUT2D eigenvalue weighted by Crippen LogP contribution is -2.52. The van der Waals surface area contributed by atoms with E-state index in [1.54, 1.807) is 23.1 Å². The molecule has 0 unspecified atom stereocenters. The van der Waals surface area contributed by atoms with E-state index in [0.717, 1.165) is 24.0 Å². The third-order valence-corrected chi connectivity index (χ3v) is 7.08. The van der Waals surface area contributed by atoms with Crippen LogP contribution in [0.15, 0.2) is 48.5 Å². The van der Waals surface area contributed by atoms with Gasteiger partial charge in [0.05, 0.1) is 11.8 Å². The molecule has 0 aromatic heterocycles. The number of amides is 1. The van der Waals surface area contributed by atoms with Crippen LogP contribution >= 0.6 is 23.2 Å². The zero-order valence-electron chi connectivity index (χ0n) is 16.7. The van der Waals surface area contributed by atoms with E-state index in [1.165, 1.54) is 0 Å². The highest BCUT2D eigenvalue weighted by atomic mass is 35.5. The lowest BCUT2D eigenvalue weighted by Gasteiger charge is -2.46. The maximum Gasteiger partial charge on any atom is 0.264 e. The van der Waals surface area contributed by atoms with E-state index in [9.17, 15) is 17.8 Å². The quantitative estimate of drug-likeness (QED) is 0.577. The molecule has 1 saturated carbocycles. The van der Waals surface area contributed by atoms with Gasteiger partial charge in [-0.25, -0.2) is 0 Å². The summed E-state index contributed by atoms with van der Waals surface area (Å²) in [5.74, 6) is -0.405. The van der Waals surface area contributed by atoms with E-state index in [2.05, 4.69) is 0 Å². The number of hydrogen-bond acceptors (Lipinski definition) is 4. The van der Waals surface area contributed by atoms with Crippen LogP contribution in [-0.2, 0) is 19.6 Å². The van der Waals surface area contributed by atoms with Crippen LogP contribution in [0.25, 0.3) is 0 Å². The molecule has 1 aliphatic carbocycles. The van der Waals surface area contributed by atoms with Gasteiger partial charge < -0.3 is 9.64 Å². The van der Waals surface area contributed by atoms with Gasteiger partial charge in [-0.15, -0.1) is 0 Å². The van der Waals surface area contributed by atoms with E-state index in [4.69, 9.17) is 27.9 Å². The first kappa shape index (κ1) is 22.6. The standard InChI is InChI=1S/C22H23Cl2NO5S/c23-17-8-6-15(7-9-17)21-22(16-2-1-3-18(24)12-16)30-13-20(26)25(21)19(14-4-5-14)10-11-31(27,28)29/h1-3,6-9,12,14,19,21-22H,4-5,10-11,13H2,(H,27,28,29)/t19-,21+,22+/m0/s1. The molecule has 4 rings (SSSR count). The first-order valence-electron chi connectivity index (χ1n) is 10.1. The summed E-state index contributed by atoms with van der Waals surface area (Å²) in [6.45, 7) is -0.115. The zero-order chi connectivity index (χ0) is 22.2. The Morgan fingerprint density at radius 3 is 2.39 bits per heavy atom. The summed E-state index contributed by atoms with van der Waals surface area (Å²) < 4.78 is 38.2. The summed E-state index contributed by atoms with van der Waals surface area (Å²) in [7, 11) is -4.14. The second-order valence-corrected chi connectivity index (χ2v) is 10.5. The smallest absolute Gasteiger partial charge is 0.264 e. The van der Waals surface area contributed by atoms with Crippen molar-refractivity contribution in [2.24, 2.45) is 5.92 Å². The predicted octanol–water partition coefficient (Wildman–Crippen LogP) is 4.69. The Morgan fingerprint density at radius 1 is 1.06 bits per heavy atom. The molecule has 1 aliphatic heterocycles. The van der Waals surface area contributed by atoms with E-state index in [1.807, 2.05) is 30.3 Å². The number of benzene rings is 2. The molecule has 1 saturated heterocycles. The SMILES string of the molecule is O=C1CO[C@H](c2cccc(Cl)c2)[C@@H](c2ccc(Cl)cc2)N1[C@@H](CCS(=O)(=O)O)C1CC1. The third kappa shape index (κ3) is 5.41. The molecule has 31 heavy (non-hydrogen) atoms. The van der Waals surface area contributed by atoms with E-state index < -0.39 is 28.0 Å². The van der Waals surface area contributed by atoms with Crippen LogP contribution in [0.3, 0.4) is 0 Å². The van der Waals surface area contributed by atoms with Gasteiger partial charge in [-0.05, 0) is 60.6 Å². The van der Waals surface area contributed by atoms with Crippen LogP contribution in [0.2, 0.25) is 10.0 Å². The first-order valence-corrected chi connectivity index (χ1v) is 12.5. The number of halogens is 2. The monoisotopic (exact) mass is 483 g/mol. The second-order valence-electron chi connectivity index (χ2n) is 8.06. The van der Waals surface area contributed by atoms with E-state index in [-0.39, 0.29) is 30.9 Å². The Kier molecular flexibility index (Phi) is 6.60. The minimum atomic E-state index is -4.14. The summed E-state index contributed by atoms with van der Waals surface area (Å²) in [5.41, 5.74) is 1.66. The van der Waals surface area contributed by atoms with Gasteiger partial charge in [0.25, 0.3) is 10.1 Å². The van der Waals surface area contributed by atoms with Gasteiger partial charge in [0, 0.05) is 16.1 Å². The Morgan fingerprint density at radius 2 is 1.77 bits per heavy atom. The van der Waals surface area contributed by atoms with Crippen molar-refractivity contribution in [1.82, 2.24) is 4.90 Å². The van der Waals surface area contributed by atoms with Crippen LogP contribution in [0.1, 0.15) is 42.5 Å². The molecule has 2 aromatic rings. The number of nitrogens with zero attached hydrogens (tertiary/aromatic N) is 1. The van der Waals surface area contributed by atoms with Crippen molar-refractivity contribution in [2.75, 3.05) is 12.4 Å². The number of morpholine rings is 1. The summed E-state index contributed by atoms with van der Waals surface area (Å²) in [6.07, 6.45) is 1.51. The van der Waals surface area contributed by atoms with Gasteiger partial charge in [-0.3, -0.25) is 9.35 Å². The molecule has 3 atom stereocenters. The molecule has 1 amide bonds. The van der Waals surface area contributed by atoms with Gasteiger partial charge in [0.15, 0.2) is 0 Å². The molecule has 9 heteroatoms. The first-order chi connectivity index (χ1) is 14.7. The molecule has 6 nitrogen and oxygen atoms in total. The van der Waals surface area contributed by atoms with E-state index in [0.29, 0.717) is 10.0 Å². The highest BCUT2D eigenvalue weighted by Crippen LogP contribution is 2.47. The van der Waals surface area contributed by atoms with Crippen molar-refractivity contribution in [3.8, 4) is 0 Å². The zero-order valence-corrected chi connectivity index (χ0v) is 19.0. The average molecular weight is 484 g/mol. The number of ether oxygens (including phenoxy) is 1. The number of rotatable bonds is 7. The molecule has 1 heterocycles. The minimum Gasteiger partial charge on any atom is -0.361 e. The highest BCUT2D eigenvalue weighted by molar-refractivity contribution is 7.85. The van der Waals surface area contributed by atoms with Crippen molar-refractivity contribution in [1.29, 1.82) is 0 Å². The Bertz CT molecular complexity index is 1060. The number of hydrogen-bond donors (Lipinski definition) is 1. The van der Waals surface area contributed by atoms with Crippen LogP contribution in [-0.4, -0.2) is 42.2 Å². The predicted molar refractivity (Wildman–Crippen MR) is 119 cm³/mol. The fourth-order valence-electron chi connectivity index (χ4n) is 4.33. The molecular weight excluding hydrogens is 461 g/mol. The largest absolute Gasteiger partial charge is 0.361 e. The Hall–Kier alpha value is -1.64. The summed E-state index contributed by atoms with van der Waals surface area (Å²) in [5, 5.41) is 1.13. The van der Waals surface area contributed by atoms with Crippen LogP contribution in [0, 0.1) is 5.92 Å².